The highest BCUT2D eigenvalue weighted by molar-refractivity contribution is 6.07. The SMILES string of the molecule is CC(C)(C)OC(=O)Nc1ccccc1NC(=O)c1ccc(-c2ncc(CO)cc2C#N)cc1. The number of rotatable bonds is 5. The van der Waals surface area contributed by atoms with Gasteiger partial charge in [-0.05, 0) is 56.7 Å². The van der Waals surface area contributed by atoms with E-state index in [-0.39, 0.29) is 12.5 Å². The number of ether oxygens (including phenoxy) is 1. The predicted octanol–water partition coefficient (Wildman–Crippen LogP) is 4.71. The van der Waals surface area contributed by atoms with Gasteiger partial charge in [0.15, 0.2) is 0 Å². The molecule has 0 aliphatic heterocycles. The number of aliphatic hydroxyl groups excluding tert-OH is 1. The van der Waals surface area contributed by atoms with E-state index in [4.69, 9.17) is 4.74 Å². The molecule has 168 valence electrons. The first-order chi connectivity index (χ1) is 15.7. The number of benzene rings is 2. The molecule has 1 heterocycles. The van der Waals surface area contributed by atoms with Gasteiger partial charge in [0.1, 0.15) is 11.7 Å². The van der Waals surface area contributed by atoms with Crippen molar-refractivity contribution in [1.82, 2.24) is 4.98 Å². The molecule has 0 aliphatic carbocycles. The van der Waals surface area contributed by atoms with Crippen LogP contribution in [0.3, 0.4) is 0 Å². The fourth-order valence-corrected chi connectivity index (χ4v) is 3.00. The van der Waals surface area contributed by atoms with Gasteiger partial charge in [0, 0.05) is 17.3 Å². The van der Waals surface area contributed by atoms with Crippen molar-refractivity contribution < 1.29 is 19.4 Å². The summed E-state index contributed by atoms with van der Waals surface area (Å²) in [5.74, 6) is -0.371. The number of hydrogen-bond acceptors (Lipinski definition) is 6. The minimum atomic E-state index is -0.650. The Balaban J connectivity index is 1.76. The predicted molar refractivity (Wildman–Crippen MR) is 125 cm³/mol. The number of para-hydroxylation sites is 2. The number of aliphatic hydroxyl groups is 1. The van der Waals surface area contributed by atoms with Crippen molar-refractivity contribution in [3.63, 3.8) is 0 Å². The zero-order valence-electron chi connectivity index (χ0n) is 18.5. The molecule has 2 amide bonds. The molecule has 0 unspecified atom stereocenters. The summed E-state index contributed by atoms with van der Waals surface area (Å²) in [4.78, 5) is 29.2. The van der Waals surface area contributed by atoms with E-state index in [0.29, 0.717) is 39.3 Å². The maximum absolute atomic E-state index is 12.8. The number of nitrogens with zero attached hydrogens (tertiary/aromatic N) is 2. The number of aromatic nitrogens is 1. The van der Waals surface area contributed by atoms with Gasteiger partial charge in [0.25, 0.3) is 5.91 Å². The van der Waals surface area contributed by atoms with Crippen molar-refractivity contribution in [2.24, 2.45) is 0 Å². The van der Waals surface area contributed by atoms with E-state index in [9.17, 15) is 20.0 Å². The van der Waals surface area contributed by atoms with Crippen LogP contribution in [-0.4, -0.2) is 27.7 Å². The van der Waals surface area contributed by atoms with Crippen LogP contribution in [0.1, 0.15) is 42.3 Å². The van der Waals surface area contributed by atoms with E-state index in [1.54, 1.807) is 75.4 Å². The topological polar surface area (TPSA) is 124 Å². The molecule has 1 aromatic heterocycles. The second kappa shape index (κ2) is 9.94. The van der Waals surface area contributed by atoms with Gasteiger partial charge in [-0.1, -0.05) is 24.3 Å². The van der Waals surface area contributed by atoms with Gasteiger partial charge in [-0.3, -0.25) is 15.1 Å². The van der Waals surface area contributed by atoms with Crippen molar-refractivity contribution in [3.05, 3.63) is 77.5 Å². The fraction of sp³-hybridized carbons (Fsp3) is 0.200. The van der Waals surface area contributed by atoms with Gasteiger partial charge in [0.2, 0.25) is 0 Å². The lowest BCUT2D eigenvalue weighted by Crippen LogP contribution is -2.27. The summed E-state index contributed by atoms with van der Waals surface area (Å²) in [6.07, 6.45) is 0.882. The second-order valence-electron chi connectivity index (χ2n) is 8.21. The second-order valence-corrected chi connectivity index (χ2v) is 8.21. The molecule has 0 radical (unpaired) electrons. The molecule has 0 aliphatic rings. The van der Waals surface area contributed by atoms with Gasteiger partial charge >= 0.3 is 6.09 Å². The molecule has 0 fully saturated rings. The lowest BCUT2D eigenvalue weighted by atomic mass is 10.0. The van der Waals surface area contributed by atoms with E-state index < -0.39 is 11.7 Å². The standard InChI is InChI=1S/C25H24N4O4/c1-25(2,3)33-24(32)29-21-7-5-4-6-20(21)28-23(31)18-10-8-17(9-11-18)22-19(13-26)12-16(15-30)14-27-22/h4-12,14,30H,15H2,1-3H3,(H,28,31)(H,29,32). The summed E-state index contributed by atoms with van der Waals surface area (Å²) in [6, 6.07) is 17.1. The van der Waals surface area contributed by atoms with Crippen LogP contribution in [-0.2, 0) is 11.3 Å². The molecule has 2 aromatic carbocycles. The van der Waals surface area contributed by atoms with Gasteiger partial charge in [-0.2, -0.15) is 5.26 Å². The van der Waals surface area contributed by atoms with Crippen molar-refractivity contribution in [3.8, 4) is 17.3 Å². The Kier molecular flexibility index (Phi) is 7.06. The molecule has 3 aromatic rings. The molecule has 0 spiro atoms. The van der Waals surface area contributed by atoms with Crippen molar-refractivity contribution in [2.75, 3.05) is 10.6 Å². The Morgan fingerprint density at radius 1 is 1.06 bits per heavy atom. The fourth-order valence-electron chi connectivity index (χ4n) is 3.00. The summed E-state index contributed by atoms with van der Waals surface area (Å²) in [5.41, 5.74) is 2.58. The van der Waals surface area contributed by atoms with E-state index in [1.807, 2.05) is 0 Å². The quantitative estimate of drug-likeness (QED) is 0.523. The van der Waals surface area contributed by atoms with E-state index in [2.05, 4.69) is 21.7 Å². The number of nitriles is 1. The number of hydrogen-bond donors (Lipinski definition) is 3. The zero-order chi connectivity index (χ0) is 24.0. The maximum Gasteiger partial charge on any atom is 0.412 e. The monoisotopic (exact) mass is 444 g/mol. The number of amides is 2. The Hall–Kier alpha value is -4.22. The van der Waals surface area contributed by atoms with Crippen LogP contribution in [0.25, 0.3) is 11.3 Å². The molecule has 3 rings (SSSR count). The maximum atomic E-state index is 12.8. The third kappa shape index (κ3) is 6.15. The Bertz CT molecular complexity index is 1210. The van der Waals surface area contributed by atoms with Crippen LogP contribution in [0.2, 0.25) is 0 Å². The number of carbonyl (C=O) groups is 2. The first-order valence-corrected chi connectivity index (χ1v) is 10.2. The average molecular weight is 444 g/mol. The highest BCUT2D eigenvalue weighted by Crippen LogP contribution is 2.25. The number of anilines is 2. The van der Waals surface area contributed by atoms with Crippen LogP contribution >= 0.6 is 0 Å². The average Bonchev–Trinajstić information content (AvgIpc) is 2.78. The number of pyridine rings is 1. The Labute approximate surface area is 191 Å². The summed E-state index contributed by atoms with van der Waals surface area (Å²) >= 11 is 0. The number of carbonyl (C=O) groups excluding carboxylic acids is 2. The first-order valence-electron chi connectivity index (χ1n) is 10.2. The van der Waals surface area contributed by atoms with Gasteiger partial charge in [-0.15, -0.1) is 0 Å². The normalized spacial score (nSPS) is 10.8. The lowest BCUT2D eigenvalue weighted by molar-refractivity contribution is 0.0635. The van der Waals surface area contributed by atoms with Crippen LogP contribution in [0, 0.1) is 11.3 Å². The van der Waals surface area contributed by atoms with Crippen molar-refractivity contribution >= 4 is 23.4 Å². The minimum absolute atomic E-state index is 0.203. The summed E-state index contributed by atoms with van der Waals surface area (Å²) in [7, 11) is 0. The summed E-state index contributed by atoms with van der Waals surface area (Å²) in [6.45, 7) is 5.09. The summed E-state index contributed by atoms with van der Waals surface area (Å²) in [5, 5.41) is 24.0. The van der Waals surface area contributed by atoms with Crippen molar-refractivity contribution in [2.45, 2.75) is 33.0 Å². The van der Waals surface area contributed by atoms with E-state index in [0.717, 1.165) is 0 Å². The molecule has 0 bridgehead atoms. The van der Waals surface area contributed by atoms with Crippen LogP contribution in [0.15, 0.2) is 60.8 Å². The highest BCUT2D eigenvalue weighted by atomic mass is 16.6. The third-order valence-electron chi connectivity index (χ3n) is 4.48. The molecule has 33 heavy (non-hydrogen) atoms. The van der Waals surface area contributed by atoms with Gasteiger partial charge in [-0.25, -0.2) is 4.79 Å². The van der Waals surface area contributed by atoms with Gasteiger partial charge < -0.3 is 15.2 Å². The third-order valence-corrected chi connectivity index (χ3v) is 4.48. The molecule has 0 saturated carbocycles. The van der Waals surface area contributed by atoms with Crippen LogP contribution in [0.4, 0.5) is 16.2 Å². The zero-order valence-corrected chi connectivity index (χ0v) is 18.5. The molecular formula is C25H24N4O4. The Morgan fingerprint density at radius 2 is 1.70 bits per heavy atom. The van der Waals surface area contributed by atoms with E-state index in [1.165, 1.54) is 6.20 Å². The lowest BCUT2D eigenvalue weighted by Gasteiger charge is -2.20. The van der Waals surface area contributed by atoms with Crippen LogP contribution in [0.5, 0.6) is 0 Å². The molecule has 0 atom stereocenters. The smallest absolute Gasteiger partial charge is 0.412 e. The van der Waals surface area contributed by atoms with Gasteiger partial charge in [0.05, 0.1) is 29.2 Å². The van der Waals surface area contributed by atoms with E-state index >= 15 is 0 Å². The highest BCUT2D eigenvalue weighted by Gasteiger charge is 2.18. The van der Waals surface area contributed by atoms with Crippen LogP contribution < -0.4 is 10.6 Å². The summed E-state index contributed by atoms with van der Waals surface area (Å²) < 4.78 is 5.27. The molecule has 3 N–H and O–H groups in total. The van der Waals surface area contributed by atoms with Crippen molar-refractivity contribution in [1.29, 1.82) is 5.26 Å². The minimum Gasteiger partial charge on any atom is -0.444 e. The number of nitrogens with one attached hydrogen (secondary N) is 2. The molecular weight excluding hydrogens is 420 g/mol. The largest absolute Gasteiger partial charge is 0.444 e. The molecule has 8 heteroatoms. The first kappa shape index (κ1) is 23.4. The Morgan fingerprint density at radius 3 is 2.27 bits per heavy atom. The molecule has 0 saturated heterocycles. The molecule has 8 nitrogen and oxygen atoms in total.